The van der Waals surface area contributed by atoms with Crippen LogP contribution < -0.4 is 5.32 Å². The molecular weight excluding hydrogens is 228 g/mol. The molecule has 2 aliphatic heterocycles. The Morgan fingerprint density at radius 2 is 2.12 bits per heavy atom. The lowest BCUT2D eigenvalue weighted by Crippen LogP contribution is -2.31. The summed E-state index contributed by atoms with van der Waals surface area (Å²) >= 11 is 5.81. The summed E-state index contributed by atoms with van der Waals surface area (Å²) in [6, 6.07) is 1.64. The number of nitrogens with zero attached hydrogens (tertiary/aromatic N) is 1. The number of rotatable bonds is 1. The summed E-state index contributed by atoms with van der Waals surface area (Å²) in [6.07, 6.45) is 1.45. The van der Waals surface area contributed by atoms with Crippen LogP contribution in [0.4, 0.5) is 0 Å². The molecule has 3 rings (SSSR count). The van der Waals surface area contributed by atoms with Gasteiger partial charge in [0, 0.05) is 26.2 Å². The first-order valence-corrected chi connectivity index (χ1v) is 5.86. The number of nitrogens with one attached hydrogen (secondary N) is 1. The highest BCUT2D eigenvalue weighted by Gasteiger charge is 2.38. The number of carbonyl (C=O) groups excluding carboxylic acids is 1. The van der Waals surface area contributed by atoms with Gasteiger partial charge in [-0.05, 0) is 29.5 Å². The SMILES string of the molecule is O=C(c1ccoc1Cl)N1C[C@H]2CNC[C@H]2C1. The quantitative estimate of drug-likeness (QED) is 0.803. The van der Waals surface area contributed by atoms with E-state index in [9.17, 15) is 4.79 Å². The van der Waals surface area contributed by atoms with Crippen molar-refractivity contribution in [2.75, 3.05) is 26.2 Å². The van der Waals surface area contributed by atoms with Gasteiger partial charge in [0.25, 0.3) is 5.91 Å². The molecule has 1 N–H and O–H groups in total. The fraction of sp³-hybridized carbons (Fsp3) is 0.545. The van der Waals surface area contributed by atoms with E-state index in [1.54, 1.807) is 6.07 Å². The molecule has 1 aromatic heterocycles. The van der Waals surface area contributed by atoms with Gasteiger partial charge in [0.05, 0.1) is 11.8 Å². The zero-order valence-corrected chi connectivity index (χ0v) is 9.54. The normalized spacial score (nSPS) is 28.4. The van der Waals surface area contributed by atoms with Gasteiger partial charge in [0.15, 0.2) is 0 Å². The van der Waals surface area contributed by atoms with E-state index >= 15 is 0 Å². The second-order valence-electron chi connectivity index (χ2n) is 4.50. The van der Waals surface area contributed by atoms with Gasteiger partial charge in [-0.1, -0.05) is 0 Å². The molecule has 0 saturated carbocycles. The Balaban J connectivity index is 1.75. The summed E-state index contributed by atoms with van der Waals surface area (Å²) in [6.45, 7) is 3.71. The predicted octanol–water partition coefficient (Wildman–Crippen LogP) is 1.22. The van der Waals surface area contributed by atoms with Gasteiger partial charge >= 0.3 is 0 Å². The minimum atomic E-state index is -0.00634. The van der Waals surface area contributed by atoms with E-state index in [1.807, 2.05) is 4.90 Å². The van der Waals surface area contributed by atoms with E-state index in [4.69, 9.17) is 16.0 Å². The number of halogens is 1. The van der Waals surface area contributed by atoms with Gasteiger partial charge in [-0.25, -0.2) is 0 Å². The van der Waals surface area contributed by atoms with Crippen molar-refractivity contribution in [3.05, 3.63) is 23.1 Å². The van der Waals surface area contributed by atoms with E-state index in [-0.39, 0.29) is 11.1 Å². The van der Waals surface area contributed by atoms with Crippen LogP contribution in [0, 0.1) is 11.8 Å². The standard InChI is InChI=1S/C11H13ClN2O2/c12-10-9(1-2-16-10)11(15)14-5-7-3-13-4-8(7)6-14/h1-2,7-8,13H,3-6H2/t7-,8+. The average Bonchev–Trinajstić information content (AvgIpc) is 2.89. The third kappa shape index (κ3) is 1.53. The molecule has 3 heterocycles. The van der Waals surface area contributed by atoms with E-state index in [0.29, 0.717) is 17.4 Å². The lowest BCUT2D eigenvalue weighted by Gasteiger charge is -2.16. The van der Waals surface area contributed by atoms with Gasteiger partial charge in [-0.15, -0.1) is 0 Å². The molecule has 2 atom stereocenters. The molecule has 1 amide bonds. The number of carbonyl (C=O) groups is 1. The molecule has 0 spiro atoms. The molecule has 86 valence electrons. The van der Waals surface area contributed by atoms with Crippen molar-refractivity contribution in [2.45, 2.75) is 0 Å². The van der Waals surface area contributed by atoms with E-state index < -0.39 is 0 Å². The maximum Gasteiger partial charge on any atom is 0.258 e. The molecule has 4 nitrogen and oxygen atoms in total. The van der Waals surface area contributed by atoms with Gasteiger partial charge in [0.1, 0.15) is 0 Å². The number of amides is 1. The Labute approximate surface area is 98.5 Å². The molecule has 5 heteroatoms. The first-order chi connectivity index (χ1) is 7.75. The van der Waals surface area contributed by atoms with Gasteiger partial charge in [-0.2, -0.15) is 0 Å². The minimum absolute atomic E-state index is 0.00634. The van der Waals surface area contributed by atoms with Crippen molar-refractivity contribution < 1.29 is 9.21 Å². The molecule has 2 fully saturated rings. The van der Waals surface area contributed by atoms with Gasteiger partial charge in [0.2, 0.25) is 5.22 Å². The molecule has 0 radical (unpaired) electrons. The number of fused-ring (bicyclic) bond motifs is 1. The Morgan fingerprint density at radius 1 is 1.44 bits per heavy atom. The largest absolute Gasteiger partial charge is 0.452 e. The number of hydrogen-bond acceptors (Lipinski definition) is 3. The molecule has 0 unspecified atom stereocenters. The van der Waals surface area contributed by atoms with Crippen molar-refractivity contribution in [3.8, 4) is 0 Å². The van der Waals surface area contributed by atoms with Crippen LogP contribution in [-0.4, -0.2) is 37.0 Å². The van der Waals surface area contributed by atoms with Crippen molar-refractivity contribution in [2.24, 2.45) is 11.8 Å². The molecule has 2 saturated heterocycles. The zero-order chi connectivity index (χ0) is 11.1. The lowest BCUT2D eigenvalue weighted by atomic mass is 10.0. The minimum Gasteiger partial charge on any atom is -0.452 e. The van der Waals surface area contributed by atoms with E-state index in [1.165, 1.54) is 6.26 Å². The summed E-state index contributed by atoms with van der Waals surface area (Å²) in [5.41, 5.74) is 0.481. The van der Waals surface area contributed by atoms with Crippen LogP contribution in [0.5, 0.6) is 0 Å². The summed E-state index contributed by atoms with van der Waals surface area (Å²) in [7, 11) is 0. The van der Waals surface area contributed by atoms with Crippen molar-refractivity contribution in [1.29, 1.82) is 0 Å². The Hall–Kier alpha value is -1.00. The second-order valence-corrected chi connectivity index (χ2v) is 4.84. The lowest BCUT2D eigenvalue weighted by molar-refractivity contribution is 0.0781. The topological polar surface area (TPSA) is 45.5 Å². The highest BCUT2D eigenvalue weighted by Crippen LogP contribution is 2.28. The fourth-order valence-corrected chi connectivity index (χ4v) is 2.83. The third-order valence-electron chi connectivity index (χ3n) is 3.53. The number of furan rings is 1. The summed E-state index contributed by atoms with van der Waals surface area (Å²) in [5.74, 6) is 1.21. The van der Waals surface area contributed by atoms with Crippen LogP contribution in [0.2, 0.25) is 5.22 Å². The van der Waals surface area contributed by atoms with Crippen molar-refractivity contribution in [3.63, 3.8) is 0 Å². The summed E-state index contributed by atoms with van der Waals surface area (Å²) in [4.78, 5) is 14.0. The zero-order valence-electron chi connectivity index (χ0n) is 8.78. The van der Waals surface area contributed by atoms with Crippen LogP contribution >= 0.6 is 11.6 Å². The Kier molecular flexibility index (Phi) is 2.41. The maximum atomic E-state index is 12.1. The smallest absolute Gasteiger partial charge is 0.258 e. The molecule has 16 heavy (non-hydrogen) atoms. The molecule has 0 bridgehead atoms. The third-order valence-corrected chi connectivity index (χ3v) is 3.82. The van der Waals surface area contributed by atoms with E-state index in [0.717, 1.165) is 26.2 Å². The van der Waals surface area contributed by atoms with Crippen molar-refractivity contribution >= 4 is 17.5 Å². The monoisotopic (exact) mass is 240 g/mol. The van der Waals surface area contributed by atoms with Gasteiger partial charge in [-0.3, -0.25) is 4.79 Å². The van der Waals surface area contributed by atoms with Crippen LogP contribution in [0.25, 0.3) is 0 Å². The highest BCUT2D eigenvalue weighted by atomic mass is 35.5. The van der Waals surface area contributed by atoms with Crippen LogP contribution in [0.15, 0.2) is 16.7 Å². The Bertz CT molecular complexity index is 406. The fourth-order valence-electron chi connectivity index (χ4n) is 2.64. The van der Waals surface area contributed by atoms with Crippen molar-refractivity contribution in [1.82, 2.24) is 10.2 Å². The average molecular weight is 241 g/mol. The summed E-state index contributed by atoms with van der Waals surface area (Å²) in [5, 5.41) is 3.54. The maximum absolute atomic E-state index is 12.1. The number of likely N-dealkylation sites (tertiary alicyclic amines) is 1. The highest BCUT2D eigenvalue weighted by molar-refractivity contribution is 6.32. The number of hydrogen-bond donors (Lipinski definition) is 1. The second kappa shape index (κ2) is 3.79. The van der Waals surface area contributed by atoms with Crippen LogP contribution in [-0.2, 0) is 0 Å². The first kappa shape index (κ1) is 10.2. The van der Waals surface area contributed by atoms with Crippen LogP contribution in [0.1, 0.15) is 10.4 Å². The van der Waals surface area contributed by atoms with Crippen LogP contribution in [0.3, 0.4) is 0 Å². The predicted molar refractivity (Wildman–Crippen MR) is 59.5 cm³/mol. The molecule has 1 aromatic rings. The van der Waals surface area contributed by atoms with Gasteiger partial charge < -0.3 is 14.6 Å². The Morgan fingerprint density at radius 3 is 2.69 bits per heavy atom. The molecule has 2 aliphatic rings. The summed E-state index contributed by atoms with van der Waals surface area (Å²) < 4.78 is 4.94. The van der Waals surface area contributed by atoms with E-state index in [2.05, 4.69) is 5.32 Å². The molecule has 0 aromatic carbocycles. The molecular formula is C11H13ClN2O2. The first-order valence-electron chi connectivity index (χ1n) is 5.48. The molecule has 0 aliphatic carbocycles.